The average Bonchev–Trinajstić information content (AvgIpc) is 2.54. The Kier molecular flexibility index (Phi) is 2.42. The molecule has 16 heavy (non-hydrogen) atoms. The van der Waals surface area contributed by atoms with Gasteiger partial charge in [0.2, 0.25) is 0 Å². The summed E-state index contributed by atoms with van der Waals surface area (Å²) in [7, 11) is 3.56. The molecule has 0 unspecified atom stereocenters. The van der Waals surface area contributed by atoms with Gasteiger partial charge < -0.3 is 9.88 Å². The highest BCUT2D eigenvalue weighted by molar-refractivity contribution is 6.05. The third-order valence-electron chi connectivity index (χ3n) is 2.71. The molecule has 84 valence electrons. The summed E-state index contributed by atoms with van der Waals surface area (Å²) >= 11 is 0. The monoisotopic (exact) mass is 217 g/mol. The Hall–Kier alpha value is -1.84. The van der Waals surface area contributed by atoms with E-state index < -0.39 is 0 Å². The predicted molar refractivity (Wildman–Crippen MR) is 63.6 cm³/mol. The molecule has 0 spiro atoms. The minimum absolute atomic E-state index is 0.0944. The highest BCUT2D eigenvalue weighted by Gasteiger charge is 2.15. The summed E-state index contributed by atoms with van der Waals surface area (Å²) in [4.78, 5) is 16.1. The molecule has 0 fully saturated rings. The second-order valence-electron chi connectivity index (χ2n) is 4.01. The van der Waals surface area contributed by atoms with E-state index in [0.29, 0.717) is 5.56 Å². The highest BCUT2D eigenvalue weighted by atomic mass is 16.1. The van der Waals surface area contributed by atoms with Gasteiger partial charge in [0, 0.05) is 26.0 Å². The van der Waals surface area contributed by atoms with Gasteiger partial charge in [-0.3, -0.25) is 9.78 Å². The maximum Gasteiger partial charge on any atom is 0.254 e. The summed E-state index contributed by atoms with van der Waals surface area (Å²) in [6.45, 7) is 3.97. The Balaban J connectivity index is 2.83. The van der Waals surface area contributed by atoms with Gasteiger partial charge in [0.15, 0.2) is 0 Å². The van der Waals surface area contributed by atoms with Gasteiger partial charge in [0.1, 0.15) is 5.52 Å². The van der Waals surface area contributed by atoms with Crippen molar-refractivity contribution in [1.82, 2.24) is 14.9 Å². The molecule has 4 nitrogen and oxygen atoms in total. The second-order valence-corrected chi connectivity index (χ2v) is 4.01. The summed E-state index contributed by atoms with van der Waals surface area (Å²) < 4.78 is 1.95. The third kappa shape index (κ3) is 1.46. The molecule has 0 bridgehead atoms. The molecule has 1 amide bonds. The number of hydrogen-bond donors (Lipinski definition) is 1. The normalized spacial score (nSPS) is 10.8. The van der Waals surface area contributed by atoms with Gasteiger partial charge in [-0.2, -0.15) is 0 Å². The van der Waals surface area contributed by atoms with Crippen molar-refractivity contribution in [2.75, 3.05) is 7.05 Å². The van der Waals surface area contributed by atoms with Gasteiger partial charge in [-0.15, -0.1) is 0 Å². The van der Waals surface area contributed by atoms with E-state index in [-0.39, 0.29) is 5.91 Å². The van der Waals surface area contributed by atoms with Crippen LogP contribution < -0.4 is 5.32 Å². The first-order valence-electron chi connectivity index (χ1n) is 5.20. The van der Waals surface area contributed by atoms with E-state index in [2.05, 4.69) is 10.3 Å². The fourth-order valence-electron chi connectivity index (χ4n) is 2.08. The van der Waals surface area contributed by atoms with Gasteiger partial charge in [-0.1, -0.05) is 0 Å². The van der Waals surface area contributed by atoms with E-state index in [0.717, 1.165) is 22.3 Å². The van der Waals surface area contributed by atoms with Crippen LogP contribution in [0.3, 0.4) is 0 Å². The number of hydrogen-bond acceptors (Lipinski definition) is 2. The predicted octanol–water partition coefficient (Wildman–Crippen LogP) is 1.55. The summed E-state index contributed by atoms with van der Waals surface area (Å²) in [5.41, 5.74) is 4.50. The van der Waals surface area contributed by atoms with Crippen molar-refractivity contribution >= 4 is 16.9 Å². The number of aromatic nitrogens is 2. The standard InChI is InChI=1S/C12H15N3O/c1-7-5-8(2)14-10-9(12(16)13-3)6-15(4)11(7)10/h5-6H,1-4H3,(H,13,16). The van der Waals surface area contributed by atoms with Gasteiger partial charge in [0.05, 0.1) is 11.1 Å². The van der Waals surface area contributed by atoms with Crippen molar-refractivity contribution in [2.24, 2.45) is 7.05 Å². The number of fused-ring (bicyclic) bond motifs is 1. The zero-order valence-corrected chi connectivity index (χ0v) is 9.96. The Bertz CT molecular complexity index is 569. The topological polar surface area (TPSA) is 46.9 Å². The van der Waals surface area contributed by atoms with Crippen LogP contribution in [0.1, 0.15) is 21.6 Å². The lowest BCUT2D eigenvalue weighted by Crippen LogP contribution is -2.17. The Morgan fingerprint density at radius 1 is 1.44 bits per heavy atom. The van der Waals surface area contributed by atoms with E-state index in [1.54, 1.807) is 7.05 Å². The molecule has 0 aliphatic heterocycles. The molecule has 2 heterocycles. The molecular formula is C12H15N3O. The van der Waals surface area contributed by atoms with Crippen molar-refractivity contribution in [1.29, 1.82) is 0 Å². The molecule has 1 N–H and O–H groups in total. The fourth-order valence-corrected chi connectivity index (χ4v) is 2.08. The number of amides is 1. The van der Waals surface area contributed by atoms with Crippen LogP contribution >= 0.6 is 0 Å². The molecule has 0 aliphatic carbocycles. The van der Waals surface area contributed by atoms with Crippen LogP contribution in [0.15, 0.2) is 12.3 Å². The molecule has 2 aromatic rings. The largest absolute Gasteiger partial charge is 0.355 e. The second kappa shape index (κ2) is 3.63. The maximum absolute atomic E-state index is 11.7. The zero-order chi connectivity index (χ0) is 11.9. The fraction of sp³-hybridized carbons (Fsp3) is 0.333. The van der Waals surface area contributed by atoms with Crippen molar-refractivity contribution in [3.05, 3.63) is 29.1 Å². The van der Waals surface area contributed by atoms with Crippen LogP contribution in [0, 0.1) is 13.8 Å². The molecule has 0 saturated carbocycles. The van der Waals surface area contributed by atoms with Gasteiger partial charge in [-0.25, -0.2) is 0 Å². The minimum Gasteiger partial charge on any atom is -0.355 e. The highest BCUT2D eigenvalue weighted by Crippen LogP contribution is 2.22. The Morgan fingerprint density at radius 2 is 2.12 bits per heavy atom. The van der Waals surface area contributed by atoms with Crippen LogP contribution in [0.4, 0.5) is 0 Å². The number of carbonyl (C=O) groups is 1. The van der Waals surface area contributed by atoms with Crippen molar-refractivity contribution in [3.63, 3.8) is 0 Å². The third-order valence-corrected chi connectivity index (χ3v) is 2.71. The molecule has 0 aliphatic rings. The lowest BCUT2D eigenvalue weighted by Gasteiger charge is -2.02. The number of carbonyl (C=O) groups excluding carboxylic acids is 1. The van der Waals surface area contributed by atoms with Crippen LogP contribution in [-0.4, -0.2) is 22.5 Å². The molecule has 4 heteroatoms. The van der Waals surface area contributed by atoms with Gasteiger partial charge in [-0.05, 0) is 25.5 Å². The first kappa shape index (κ1) is 10.7. The Labute approximate surface area is 94.3 Å². The van der Waals surface area contributed by atoms with E-state index in [9.17, 15) is 4.79 Å². The molecule has 0 radical (unpaired) electrons. The first-order chi connectivity index (χ1) is 7.54. The van der Waals surface area contributed by atoms with Gasteiger partial charge >= 0.3 is 0 Å². The lowest BCUT2D eigenvalue weighted by molar-refractivity contribution is 0.0964. The van der Waals surface area contributed by atoms with Crippen molar-refractivity contribution in [3.8, 4) is 0 Å². The van der Waals surface area contributed by atoms with E-state index in [4.69, 9.17) is 0 Å². The molecular weight excluding hydrogens is 202 g/mol. The number of rotatable bonds is 1. The quantitative estimate of drug-likeness (QED) is 0.787. The molecule has 0 saturated heterocycles. The van der Waals surface area contributed by atoms with Crippen LogP contribution in [0.5, 0.6) is 0 Å². The zero-order valence-electron chi connectivity index (χ0n) is 9.96. The summed E-state index contributed by atoms with van der Waals surface area (Å²) in [5.74, 6) is -0.0944. The van der Waals surface area contributed by atoms with Crippen LogP contribution in [-0.2, 0) is 7.05 Å². The maximum atomic E-state index is 11.7. The Morgan fingerprint density at radius 3 is 2.75 bits per heavy atom. The summed E-state index contributed by atoms with van der Waals surface area (Å²) in [6, 6.07) is 2.02. The SMILES string of the molecule is CNC(=O)c1cn(C)c2c(C)cc(C)nc12. The average molecular weight is 217 g/mol. The lowest BCUT2D eigenvalue weighted by atomic mass is 10.2. The molecule has 0 atom stereocenters. The molecule has 2 aromatic heterocycles. The summed E-state index contributed by atoms with van der Waals surface area (Å²) in [5, 5.41) is 2.63. The number of aryl methyl sites for hydroxylation is 3. The smallest absolute Gasteiger partial charge is 0.254 e. The van der Waals surface area contributed by atoms with Crippen LogP contribution in [0.25, 0.3) is 11.0 Å². The van der Waals surface area contributed by atoms with E-state index >= 15 is 0 Å². The van der Waals surface area contributed by atoms with Crippen LogP contribution in [0.2, 0.25) is 0 Å². The molecule has 2 rings (SSSR count). The van der Waals surface area contributed by atoms with E-state index in [1.807, 2.05) is 37.7 Å². The van der Waals surface area contributed by atoms with Crippen molar-refractivity contribution in [2.45, 2.75) is 13.8 Å². The number of pyridine rings is 1. The number of nitrogens with one attached hydrogen (secondary N) is 1. The minimum atomic E-state index is -0.0944. The first-order valence-corrected chi connectivity index (χ1v) is 5.20. The molecule has 0 aromatic carbocycles. The summed E-state index contributed by atoms with van der Waals surface area (Å²) in [6.07, 6.45) is 1.82. The van der Waals surface area contributed by atoms with Crippen molar-refractivity contribution < 1.29 is 4.79 Å². The number of nitrogens with zero attached hydrogens (tertiary/aromatic N) is 2. The van der Waals surface area contributed by atoms with Gasteiger partial charge in [0.25, 0.3) is 5.91 Å². The van der Waals surface area contributed by atoms with E-state index in [1.165, 1.54) is 0 Å².